The minimum absolute atomic E-state index is 0.458. The molecule has 96 valence electrons. The maximum absolute atomic E-state index is 9.85. The van der Waals surface area contributed by atoms with Crippen LogP contribution in [-0.4, -0.2) is 27.5 Å². The first-order valence-corrected chi connectivity index (χ1v) is 6.18. The van der Waals surface area contributed by atoms with Gasteiger partial charge in [0.05, 0.1) is 12.6 Å². The molecule has 1 atom stereocenters. The summed E-state index contributed by atoms with van der Waals surface area (Å²) in [5.41, 5.74) is 1.95. The normalized spacial score (nSPS) is 12.4. The van der Waals surface area contributed by atoms with E-state index >= 15 is 0 Å². The number of aromatic nitrogens is 2. The van der Waals surface area contributed by atoms with Crippen LogP contribution in [0, 0.1) is 6.92 Å². The molecular formula is C13H16ClN3O. The Kier molecular flexibility index (Phi) is 4.23. The fourth-order valence-electron chi connectivity index (χ4n) is 1.63. The molecule has 0 aliphatic rings. The molecule has 0 saturated carbocycles. The predicted molar refractivity (Wildman–Crippen MR) is 72.9 cm³/mol. The lowest BCUT2D eigenvalue weighted by Crippen LogP contribution is -2.25. The highest BCUT2D eigenvalue weighted by molar-refractivity contribution is 6.31. The average Bonchev–Trinajstić information content (AvgIpc) is 2.83. The Labute approximate surface area is 111 Å². The van der Waals surface area contributed by atoms with Crippen LogP contribution in [0.5, 0.6) is 0 Å². The van der Waals surface area contributed by atoms with Crippen LogP contribution in [0.4, 0.5) is 5.69 Å². The highest BCUT2D eigenvalue weighted by Gasteiger charge is 2.05. The maximum atomic E-state index is 9.85. The van der Waals surface area contributed by atoms with E-state index in [1.54, 1.807) is 10.9 Å². The van der Waals surface area contributed by atoms with E-state index in [0.717, 1.165) is 16.3 Å². The van der Waals surface area contributed by atoms with Crippen molar-refractivity contribution < 1.29 is 5.11 Å². The number of nitrogens with one attached hydrogen (secondary N) is 1. The fraction of sp³-hybridized carbons (Fsp3) is 0.308. The van der Waals surface area contributed by atoms with E-state index < -0.39 is 6.10 Å². The Morgan fingerprint density at radius 1 is 1.50 bits per heavy atom. The summed E-state index contributed by atoms with van der Waals surface area (Å²) >= 11 is 6.03. The van der Waals surface area contributed by atoms with Gasteiger partial charge in [-0.25, -0.2) is 0 Å². The minimum atomic E-state index is -0.495. The van der Waals surface area contributed by atoms with E-state index in [9.17, 15) is 5.11 Å². The third kappa shape index (κ3) is 3.48. The number of anilines is 1. The zero-order chi connectivity index (χ0) is 13.0. The summed E-state index contributed by atoms with van der Waals surface area (Å²) in [5.74, 6) is 0. The molecule has 18 heavy (non-hydrogen) atoms. The van der Waals surface area contributed by atoms with Crippen molar-refractivity contribution >= 4 is 17.3 Å². The monoisotopic (exact) mass is 265 g/mol. The largest absolute Gasteiger partial charge is 0.389 e. The number of nitrogens with zero attached hydrogens (tertiary/aromatic N) is 2. The number of hydrogen-bond donors (Lipinski definition) is 2. The zero-order valence-corrected chi connectivity index (χ0v) is 10.9. The van der Waals surface area contributed by atoms with E-state index in [2.05, 4.69) is 10.4 Å². The van der Waals surface area contributed by atoms with Gasteiger partial charge in [-0.1, -0.05) is 17.7 Å². The summed E-state index contributed by atoms with van der Waals surface area (Å²) in [6.07, 6.45) is 3.02. The van der Waals surface area contributed by atoms with Gasteiger partial charge in [-0.3, -0.25) is 4.68 Å². The molecule has 1 aromatic carbocycles. The molecule has 0 amide bonds. The molecule has 0 aliphatic carbocycles. The predicted octanol–water partition coefficient (Wildman–Crippen LogP) is 2.32. The van der Waals surface area contributed by atoms with Crippen LogP contribution in [0.25, 0.3) is 0 Å². The van der Waals surface area contributed by atoms with Gasteiger partial charge in [0.15, 0.2) is 0 Å². The van der Waals surface area contributed by atoms with Crippen molar-refractivity contribution in [1.82, 2.24) is 9.78 Å². The number of aryl methyl sites for hydroxylation is 1. The minimum Gasteiger partial charge on any atom is -0.389 e. The molecule has 1 unspecified atom stereocenters. The Morgan fingerprint density at radius 2 is 2.33 bits per heavy atom. The van der Waals surface area contributed by atoms with Crippen molar-refractivity contribution in [3.8, 4) is 0 Å². The van der Waals surface area contributed by atoms with E-state index in [4.69, 9.17) is 11.6 Å². The molecule has 0 spiro atoms. The molecule has 1 aromatic heterocycles. The van der Waals surface area contributed by atoms with Gasteiger partial charge in [0.1, 0.15) is 0 Å². The van der Waals surface area contributed by atoms with Crippen LogP contribution >= 0.6 is 11.6 Å². The van der Waals surface area contributed by atoms with E-state index in [1.165, 1.54) is 0 Å². The molecule has 2 aromatic rings. The van der Waals surface area contributed by atoms with Crippen molar-refractivity contribution in [3.63, 3.8) is 0 Å². The standard InChI is InChI=1S/C13H16ClN3O/c1-10-3-4-11(7-13(10)14)15-8-12(18)9-17-6-2-5-16-17/h2-7,12,15,18H,8-9H2,1H3. The smallest absolute Gasteiger partial charge is 0.0907 e. The molecule has 0 fully saturated rings. The number of aliphatic hydroxyl groups excluding tert-OH is 1. The number of benzene rings is 1. The average molecular weight is 266 g/mol. The maximum Gasteiger partial charge on any atom is 0.0907 e. The van der Waals surface area contributed by atoms with Gasteiger partial charge < -0.3 is 10.4 Å². The highest BCUT2D eigenvalue weighted by Crippen LogP contribution is 2.19. The van der Waals surface area contributed by atoms with Crippen molar-refractivity contribution in [3.05, 3.63) is 47.2 Å². The molecule has 0 radical (unpaired) electrons. The van der Waals surface area contributed by atoms with Gasteiger partial charge in [-0.15, -0.1) is 0 Å². The molecule has 0 saturated heterocycles. The van der Waals surface area contributed by atoms with Crippen LogP contribution in [0.3, 0.4) is 0 Å². The molecule has 0 aliphatic heterocycles. The number of aliphatic hydroxyl groups is 1. The first-order chi connectivity index (χ1) is 8.65. The van der Waals surface area contributed by atoms with Crippen LogP contribution in [0.2, 0.25) is 5.02 Å². The van der Waals surface area contributed by atoms with E-state index in [-0.39, 0.29) is 0 Å². The Hall–Kier alpha value is -1.52. The number of hydrogen-bond acceptors (Lipinski definition) is 3. The molecule has 1 heterocycles. The summed E-state index contributed by atoms with van der Waals surface area (Å²) in [7, 11) is 0. The lowest BCUT2D eigenvalue weighted by Gasteiger charge is -2.13. The molecule has 4 nitrogen and oxygen atoms in total. The first-order valence-electron chi connectivity index (χ1n) is 5.80. The second kappa shape index (κ2) is 5.89. The van der Waals surface area contributed by atoms with Gasteiger partial charge in [0, 0.05) is 29.6 Å². The Balaban J connectivity index is 1.85. The van der Waals surface area contributed by atoms with Gasteiger partial charge in [-0.05, 0) is 30.7 Å². The SMILES string of the molecule is Cc1ccc(NCC(O)Cn2cccn2)cc1Cl. The second-order valence-corrected chi connectivity index (χ2v) is 4.63. The topological polar surface area (TPSA) is 50.1 Å². The van der Waals surface area contributed by atoms with Crippen LogP contribution in [0.1, 0.15) is 5.56 Å². The Bertz CT molecular complexity index is 499. The summed E-state index contributed by atoms with van der Waals surface area (Å²) in [6, 6.07) is 7.59. The second-order valence-electron chi connectivity index (χ2n) is 4.23. The fourth-order valence-corrected chi connectivity index (χ4v) is 1.81. The van der Waals surface area contributed by atoms with Crippen LogP contribution < -0.4 is 5.32 Å². The zero-order valence-electron chi connectivity index (χ0n) is 10.2. The summed E-state index contributed by atoms with van der Waals surface area (Å²) in [4.78, 5) is 0. The molecule has 2 rings (SSSR count). The van der Waals surface area contributed by atoms with Crippen molar-refractivity contribution in [1.29, 1.82) is 0 Å². The Morgan fingerprint density at radius 3 is 3.00 bits per heavy atom. The molecular weight excluding hydrogens is 250 g/mol. The lowest BCUT2D eigenvalue weighted by atomic mass is 10.2. The van der Waals surface area contributed by atoms with Gasteiger partial charge in [0.2, 0.25) is 0 Å². The number of rotatable bonds is 5. The van der Waals surface area contributed by atoms with E-state index in [1.807, 2.05) is 37.4 Å². The third-order valence-electron chi connectivity index (χ3n) is 2.67. The highest BCUT2D eigenvalue weighted by atomic mass is 35.5. The van der Waals surface area contributed by atoms with Crippen molar-refractivity contribution in [2.75, 3.05) is 11.9 Å². The summed E-state index contributed by atoms with van der Waals surface area (Å²) in [5, 5.41) is 17.8. The quantitative estimate of drug-likeness (QED) is 0.872. The molecule has 5 heteroatoms. The molecule has 2 N–H and O–H groups in total. The number of halogens is 1. The van der Waals surface area contributed by atoms with Gasteiger partial charge in [-0.2, -0.15) is 5.10 Å². The van der Waals surface area contributed by atoms with Crippen LogP contribution in [0.15, 0.2) is 36.7 Å². The van der Waals surface area contributed by atoms with Crippen LogP contribution in [-0.2, 0) is 6.54 Å². The van der Waals surface area contributed by atoms with Crippen molar-refractivity contribution in [2.24, 2.45) is 0 Å². The third-order valence-corrected chi connectivity index (χ3v) is 3.08. The summed E-state index contributed by atoms with van der Waals surface area (Å²) in [6.45, 7) is 2.89. The van der Waals surface area contributed by atoms with Gasteiger partial charge in [0.25, 0.3) is 0 Å². The van der Waals surface area contributed by atoms with Gasteiger partial charge >= 0.3 is 0 Å². The first kappa shape index (κ1) is 12.9. The van der Waals surface area contributed by atoms with E-state index in [0.29, 0.717) is 13.1 Å². The lowest BCUT2D eigenvalue weighted by molar-refractivity contribution is 0.161. The summed E-state index contributed by atoms with van der Waals surface area (Å²) < 4.78 is 1.70. The molecule has 0 bridgehead atoms. The van der Waals surface area contributed by atoms with Crippen molar-refractivity contribution in [2.45, 2.75) is 19.6 Å².